The molecule has 0 spiro atoms. The lowest BCUT2D eigenvalue weighted by molar-refractivity contribution is -0.0258. The molecule has 1 aliphatic heterocycles. The van der Waals surface area contributed by atoms with Gasteiger partial charge in [-0.3, -0.25) is 9.63 Å². The average Bonchev–Trinajstić information content (AvgIpc) is 2.99. The molecule has 1 heterocycles. The summed E-state index contributed by atoms with van der Waals surface area (Å²) in [7, 11) is -1.39. The summed E-state index contributed by atoms with van der Waals surface area (Å²) in [4.78, 5) is 22.1. The monoisotopic (exact) mass is 457 g/mol. The molecule has 9 heteroatoms. The Morgan fingerprint density at radius 2 is 1.87 bits per heavy atom. The lowest BCUT2D eigenvalue weighted by atomic mass is 9.89. The molecule has 0 bridgehead atoms. The van der Waals surface area contributed by atoms with Crippen LogP contribution in [0.4, 0.5) is 0 Å². The van der Waals surface area contributed by atoms with E-state index in [2.05, 4.69) is 4.90 Å². The molecule has 30 heavy (non-hydrogen) atoms. The molecule has 1 aromatic rings. The van der Waals surface area contributed by atoms with Crippen molar-refractivity contribution in [2.45, 2.75) is 43.4 Å². The van der Waals surface area contributed by atoms with Gasteiger partial charge in [-0.1, -0.05) is 35.3 Å². The van der Waals surface area contributed by atoms with Crippen molar-refractivity contribution < 1.29 is 18.0 Å². The molecule has 1 aromatic carbocycles. The van der Waals surface area contributed by atoms with Crippen molar-refractivity contribution in [3.05, 3.63) is 28.8 Å². The smallest absolute Gasteiger partial charge is 0.266 e. The zero-order chi connectivity index (χ0) is 21.7. The van der Waals surface area contributed by atoms with Crippen LogP contribution in [-0.4, -0.2) is 75.5 Å². The highest BCUT2D eigenvalue weighted by Gasteiger charge is 2.27. The maximum absolute atomic E-state index is 13.1. The van der Waals surface area contributed by atoms with Crippen LogP contribution in [0.5, 0.6) is 0 Å². The second kappa shape index (κ2) is 10.4. The van der Waals surface area contributed by atoms with E-state index in [-0.39, 0.29) is 15.8 Å². The lowest BCUT2D eigenvalue weighted by Crippen LogP contribution is -2.37. The molecule has 0 atom stereocenters. The molecule has 1 aliphatic carbocycles. The summed E-state index contributed by atoms with van der Waals surface area (Å²) < 4.78 is 25.9. The molecular formula is C21H32ClN3O4S. The van der Waals surface area contributed by atoms with Gasteiger partial charge in [-0.15, -0.1) is 0 Å². The predicted molar refractivity (Wildman–Crippen MR) is 117 cm³/mol. The molecule has 2 fully saturated rings. The van der Waals surface area contributed by atoms with E-state index in [1.165, 1.54) is 58.4 Å². The van der Waals surface area contributed by atoms with Gasteiger partial charge in [0.15, 0.2) is 0 Å². The summed E-state index contributed by atoms with van der Waals surface area (Å²) in [5.74, 6) is 0.616. The van der Waals surface area contributed by atoms with Crippen LogP contribution < -0.4 is 0 Å². The van der Waals surface area contributed by atoms with E-state index < -0.39 is 10.0 Å². The number of halogens is 1. The Morgan fingerprint density at radius 1 is 1.13 bits per heavy atom. The minimum absolute atomic E-state index is 0.0602. The first-order valence-electron chi connectivity index (χ1n) is 10.7. The van der Waals surface area contributed by atoms with E-state index >= 15 is 0 Å². The lowest BCUT2D eigenvalue weighted by Gasteiger charge is -2.28. The highest BCUT2D eigenvalue weighted by Crippen LogP contribution is 2.27. The van der Waals surface area contributed by atoms with Crippen LogP contribution in [0.2, 0.25) is 5.02 Å². The van der Waals surface area contributed by atoms with Gasteiger partial charge in [-0.25, -0.2) is 8.42 Å². The van der Waals surface area contributed by atoms with Crippen molar-refractivity contribution in [3.63, 3.8) is 0 Å². The van der Waals surface area contributed by atoms with Gasteiger partial charge in [0.05, 0.1) is 12.1 Å². The first kappa shape index (κ1) is 23.5. The van der Waals surface area contributed by atoms with Gasteiger partial charge in [0.2, 0.25) is 0 Å². The summed E-state index contributed by atoms with van der Waals surface area (Å²) in [6, 6.07) is 4.39. The van der Waals surface area contributed by atoms with Crippen LogP contribution in [0, 0.1) is 5.92 Å². The SMILES string of the molecule is CON(C)S(=O)(=O)c1cc(C(=O)N2CCCN(CC3CCCCC3)CC2)ccc1Cl. The molecule has 1 amide bonds. The number of sulfonamides is 1. The van der Waals surface area contributed by atoms with Crippen molar-refractivity contribution in [2.24, 2.45) is 5.92 Å². The Kier molecular flexibility index (Phi) is 8.15. The number of amides is 1. The molecule has 0 aromatic heterocycles. The third-order valence-corrected chi connectivity index (χ3v) is 8.33. The highest BCUT2D eigenvalue weighted by atomic mass is 35.5. The Labute approximate surface area is 184 Å². The van der Waals surface area contributed by atoms with Crippen molar-refractivity contribution in [2.75, 3.05) is 46.9 Å². The normalized spacial score (nSPS) is 19.8. The van der Waals surface area contributed by atoms with Crippen LogP contribution in [0.3, 0.4) is 0 Å². The van der Waals surface area contributed by atoms with Crippen LogP contribution in [0.1, 0.15) is 48.9 Å². The maximum Gasteiger partial charge on any atom is 0.266 e. The first-order valence-corrected chi connectivity index (χ1v) is 12.5. The topological polar surface area (TPSA) is 70.2 Å². The summed E-state index contributed by atoms with van der Waals surface area (Å²) in [5.41, 5.74) is 0.322. The number of benzene rings is 1. The standard InChI is InChI=1S/C21H32ClN3O4S/c1-23(29-2)30(27,28)20-15-18(9-10-19(20)22)21(26)25-12-6-11-24(13-14-25)16-17-7-4-3-5-8-17/h9-10,15,17H,3-8,11-14,16H2,1-2H3. The quantitative estimate of drug-likeness (QED) is 0.613. The minimum Gasteiger partial charge on any atom is -0.337 e. The molecule has 1 saturated heterocycles. The number of hydrogen-bond donors (Lipinski definition) is 0. The number of carbonyl (C=O) groups excluding carboxylic acids is 1. The third kappa shape index (κ3) is 5.53. The molecule has 168 valence electrons. The van der Waals surface area contributed by atoms with Gasteiger partial charge in [-0.2, -0.15) is 0 Å². The highest BCUT2D eigenvalue weighted by molar-refractivity contribution is 7.89. The van der Waals surface area contributed by atoms with Crippen LogP contribution in [-0.2, 0) is 14.9 Å². The van der Waals surface area contributed by atoms with Crippen LogP contribution >= 0.6 is 11.6 Å². The van der Waals surface area contributed by atoms with Crippen molar-refractivity contribution in [1.29, 1.82) is 0 Å². The Bertz CT molecular complexity index is 843. The molecule has 0 unspecified atom stereocenters. The van der Waals surface area contributed by atoms with Gasteiger partial charge in [0.25, 0.3) is 15.9 Å². The number of rotatable bonds is 6. The zero-order valence-electron chi connectivity index (χ0n) is 17.8. The number of hydrogen-bond acceptors (Lipinski definition) is 5. The van der Waals surface area contributed by atoms with Gasteiger partial charge >= 0.3 is 0 Å². The first-order chi connectivity index (χ1) is 14.3. The van der Waals surface area contributed by atoms with Crippen molar-refractivity contribution >= 4 is 27.5 Å². The van der Waals surface area contributed by atoms with Gasteiger partial charge < -0.3 is 9.80 Å². The largest absolute Gasteiger partial charge is 0.337 e. The molecule has 7 nitrogen and oxygen atoms in total. The average molecular weight is 458 g/mol. The van der Waals surface area contributed by atoms with Crippen molar-refractivity contribution in [3.8, 4) is 0 Å². The second-order valence-corrected chi connectivity index (χ2v) is 10.5. The molecule has 1 saturated carbocycles. The third-order valence-electron chi connectivity index (χ3n) is 6.17. The van der Waals surface area contributed by atoms with Gasteiger partial charge in [0, 0.05) is 38.8 Å². The Morgan fingerprint density at radius 3 is 2.57 bits per heavy atom. The summed E-state index contributed by atoms with van der Waals surface area (Å²) in [5, 5.41) is 0.0602. The number of hydroxylamine groups is 1. The van der Waals surface area contributed by atoms with Crippen molar-refractivity contribution in [1.82, 2.24) is 14.3 Å². The maximum atomic E-state index is 13.1. The summed E-state index contributed by atoms with van der Waals surface area (Å²) in [6.45, 7) is 4.29. The molecule has 0 N–H and O–H groups in total. The Hall–Kier alpha value is -1.19. The fourth-order valence-electron chi connectivity index (χ4n) is 4.34. The molecular weight excluding hydrogens is 426 g/mol. The molecule has 0 radical (unpaired) electrons. The minimum atomic E-state index is -3.94. The zero-order valence-corrected chi connectivity index (χ0v) is 19.4. The fourth-order valence-corrected chi connectivity index (χ4v) is 5.82. The fraction of sp³-hybridized carbons (Fsp3) is 0.667. The summed E-state index contributed by atoms with van der Waals surface area (Å²) >= 11 is 6.12. The van der Waals surface area contributed by atoms with Crippen LogP contribution in [0.15, 0.2) is 23.1 Å². The van der Waals surface area contributed by atoms with E-state index in [4.69, 9.17) is 16.4 Å². The van der Waals surface area contributed by atoms with E-state index in [1.807, 2.05) is 4.90 Å². The number of nitrogens with zero attached hydrogens (tertiary/aromatic N) is 3. The van der Waals surface area contributed by atoms with Gasteiger partial charge in [-0.05, 0) is 49.9 Å². The van der Waals surface area contributed by atoms with Gasteiger partial charge in [0.1, 0.15) is 4.90 Å². The Balaban J connectivity index is 1.68. The summed E-state index contributed by atoms with van der Waals surface area (Å²) in [6.07, 6.45) is 7.59. The molecule has 3 rings (SSSR count). The van der Waals surface area contributed by atoms with E-state index in [0.29, 0.717) is 18.7 Å². The van der Waals surface area contributed by atoms with E-state index in [9.17, 15) is 13.2 Å². The predicted octanol–water partition coefficient (Wildman–Crippen LogP) is 3.25. The number of carbonyl (C=O) groups is 1. The van der Waals surface area contributed by atoms with E-state index in [1.54, 1.807) is 6.07 Å². The van der Waals surface area contributed by atoms with Crippen LogP contribution in [0.25, 0.3) is 0 Å². The molecule has 2 aliphatic rings. The second-order valence-electron chi connectivity index (χ2n) is 8.19. The van der Waals surface area contributed by atoms with E-state index in [0.717, 1.165) is 36.4 Å².